The van der Waals surface area contributed by atoms with Crippen LogP contribution in [-0.2, 0) is 19.9 Å². The normalized spacial score (nSPS) is 18.8. The number of aryl methyl sites for hydroxylation is 1. The molecule has 0 spiro atoms. The van der Waals surface area contributed by atoms with E-state index in [9.17, 15) is 21.6 Å². The summed E-state index contributed by atoms with van der Waals surface area (Å²) in [4.78, 5) is 23.6. The maximum atomic E-state index is 15.0. The molecular weight excluding hydrogens is 747 g/mol. The number of sulfonamides is 1. The number of amidine groups is 1. The first-order chi connectivity index (χ1) is 24.4. The number of benzene rings is 3. The van der Waals surface area contributed by atoms with Crippen LogP contribution in [0, 0.1) is 6.92 Å². The SMILES string of the molecule is CCOc1cc(C)c(S(=O)(=O)NC(C)(C)C)cc1C1=N[C@@H](c2ccc(Cl)cc2)[C@@H](c2ccc(Cl)cc2)N1C(=O)N1CCN(NCCS(C)(=O)=O)CC1. The summed E-state index contributed by atoms with van der Waals surface area (Å²) in [5.74, 6) is 0.642. The predicted octanol–water partition coefficient (Wildman–Crippen LogP) is 5.61. The summed E-state index contributed by atoms with van der Waals surface area (Å²) in [5.41, 5.74) is 4.80. The van der Waals surface area contributed by atoms with Crippen LogP contribution in [0.4, 0.5) is 4.79 Å². The number of halogens is 2. The van der Waals surface area contributed by atoms with E-state index in [-0.39, 0.29) is 35.7 Å². The number of aliphatic imine (C=N–C) groups is 1. The van der Waals surface area contributed by atoms with Gasteiger partial charge in [0.1, 0.15) is 27.5 Å². The van der Waals surface area contributed by atoms with E-state index in [1.165, 1.54) is 6.26 Å². The van der Waals surface area contributed by atoms with Gasteiger partial charge < -0.3 is 9.64 Å². The number of piperazine rings is 1. The average molecular weight is 794 g/mol. The number of nitrogens with zero attached hydrogens (tertiary/aromatic N) is 4. The molecule has 0 radical (unpaired) electrons. The van der Waals surface area contributed by atoms with Gasteiger partial charge >= 0.3 is 6.03 Å². The van der Waals surface area contributed by atoms with E-state index >= 15 is 0 Å². The molecule has 2 N–H and O–H groups in total. The number of rotatable bonds is 11. The van der Waals surface area contributed by atoms with Gasteiger partial charge in [-0.25, -0.2) is 31.4 Å². The highest BCUT2D eigenvalue weighted by Gasteiger charge is 2.45. The number of carbonyl (C=O) groups excluding carboxylic acids is 1. The molecule has 0 saturated carbocycles. The first-order valence-electron chi connectivity index (χ1n) is 17.0. The van der Waals surface area contributed by atoms with Gasteiger partial charge in [0.25, 0.3) is 0 Å². The molecule has 3 aromatic rings. The van der Waals surface area contributed by atoms with Crippen molar-refractivity contribution in [1.82, 2.24) is 25.0 Å². The molecule has 1 fully saturated rings. The number of hydrogen-bond acceptors (Lipinski definition) is 9. The summed E-state index contributed by atoms with van der Waals surface area (Å²) in [6.07, 6.45) is 1.19. The van der Waals surface area contributed by atoms with Crippen LogP contribution in [-0.4, -0.2) is 100 Å². The van der Waals surface area contributed by atoms with Gasteiger partial charge in [-0.1, -0.05) is 47.5 Å². The van der Waals surface area contributed by atoms with Crippen molar-refractivity contribution < 1.29 is 26.4 Å². The molecule has 0 unspecified atom stereocenters. The third kappa shape index (κ3) is 9.64. The smallest absolute Gasteiger partial charge is 0.326 e. The maximum absolute atomic E-state index is 15.0. The minimum absolute atomic E-state index is 0.00367. The van der Waals surface area contributed by atoms with Crippen LogP contribution in [0.15, 0.2) is 70.6 Å². The van der Waals surface area contributed by atoms with E-state index in [1.54, 1.807) is 73.9 Å². The highest BCUT2D eigenvalue weighted by molar-refractivity contribution is 7.90. The zero-order valence-electron chi connectivity index (χ0n) is 30.2. The Bertz CT molecular complexity index is 2010. The maximum Gasteiger partial charge on any atom is 0.326 e. The highest BCUT2D eigenvalue weighted by Crippen LogP contribution is 2.46. The molecule has 0 aliphatic carbocycles. The fourth-order valence-electron chi connectivity index (χ4n) is 6.31. The number of urea groups is 1. The lowest BCUT2D eigenvalue weighted by atomic mass is 9.93. The van der Waals surface area contributed by atoms with E-state index in [2.05, 4.69) is 10.1 Å². The summed E-state index contributed by atoms with van der Waals surface area (Å²) >= 11 is 12.6. The minimum Gasteiger partial charge on any atom is -0.493 e. The average Bonchev–Trinajstić information content (AvgIpc) is 3.44. The Balaban J connectivity index is 1.64. The first kappa shape index (κ1) is 40.0. The first-order valence-corrected chi connectivity index (χ1v) is 21.3. The van der Waals surface area contributed by atoms with Gasteiger partial charge in [-0.3, -0.25) is 15.3 Å². The van der Waals surface area contributed by atoms with E-state index < -0.39 is 37.5 Å². The molecule has 5 rings (SSSR count). The summed E-state index contributed by atoms with van der Waals surface area (Å²) in [5, 5.41) is 2.98. The Morgan fingerprint density at radius 1 is 0.923 bits per heavy atom. The third-order valence-corrected chi connectivity index (χ3v) is 12.0. The Labute approximate surface area is 317 Å². The Kier molecular flexibility index (Phi) is 12.3. The Morgan fingerprint density at radius 2 is 1.50 bits per heavy atom. The molecule has 1 saturated heterocycles. The van der Waals surface area contributed by atoms with Crippen LogP contribution in [0.25, 0.3) is 0 Å². The number of hydrazine groups is 1. The lowest BCUT2D eigenvalue weighted by Gasteiger charge is -2.39. The van der Waals surface area contributed by atoms with Crippen LogP contribution in [0.2, 0.25) is 10.0 Å². The van der Waals surface area contributed by atoms with E-state index in [0.717, 1.165) is 11.1 Å². The fourth-order valence-corrected chi connectivity index (χ4v) is 8.70. The van der Waals surface area contributed by atoms with Crippen LogP contribution in [0.5, 0.6) is 5.75 Å². The summed E-state index contributed by atoms with van der Waals surface area (Å²) in [6, 6.07) is 16.1. The number of hydrogen-bond donors (Lipinski definition) is 2. The van der Waals surface area contributed by atoms with Crippen LogP contribution < -0.4 is 14.9 Å². The van der Waals surface area contributed by atoms with Gasteiger partial charge in [0.2, 0.25) is 10.0 Å². The molecular formula is C36H46Cl2N6O6S2. The molecule has 2 aliphatic rings. The van der Waals surface area contributed by atoms with Crippen molar-refractivity contribution in [2.75, 3.05) is 51.3 Å². The third-order valence-electron chi connectivity index (χ3n) is 8.60. The molecule has 282 valence electrons. The molecule has 3 aromatic carbocycles. The molecule has 0 aromatic heterocycles. The number of carbonyl (C=O) groups is 1. The Morgan fingerprint density at radius 3 is 2.04 bits per heavy atom. The quantitative estimate of drug-likeness (QED) is 0.256. The minimum atomic E-state index is -4.01. The molecule has 0 bridgehead atoms. The van der Waals surface area contributed by atoms with Crippen molar-refractivity contribution in [3.63, 3.8) is 0 Å². The second-order valence-corrected chi connectivity index (χ2v) is 18.8. The van der Waals surface area contributed by atoms with E-state index in [0.29, 0.717) is 53.1 Å². The van der Waals surface area contributed by atoms with Gasteiger partial charge in [0.15, 0.2) is 0 Å². The molecule has 16 heteroatoms. The lowest BCUT2D eigenvalue weighted by molar-refractivity contribution is 0.0923. The van der Waals surface area contributed by atoms with Gasteiger partial charge in [-0.05, 0) is 87.7 Å². The highest BCUT2D eigenvalue weighted by atomic mass is 35.5. The topological polar surface area (TPSA) is 141 Å². The molecule has 2 aliphatic heterocycles. The Hall–Kier alpha value is -3.24. The summed E-state index contributed by atoms with van der Waals surface area (Å²) in [7, 11) is -7.14. The molecule has 12 nitrogen and oxygen atoms in total. The van der Waals surface area contributed by atoms with Crippen molar-refractivity contribution >= 4 is 54.9 Å². The van der Waals surface area contributed by atoms with Crippen LogP contribution in [0.3, 0.4) is 0 Å². The van der Waals surface area contributed by atoms with E-state index in [1.807, 2.05) is 36.2 Å². The van der Waals surface area contributed by atoms with Crippen LogP contribution >= 0.6 is 23.2 Å². The monoisotopic (exact) mass is 792 g/mol. The number of amides is 2. The summed E-state index contributed by atoms with van der Waals surface area (Å²) in [6.45, 7) is 11.0. The summed E-state index contributed by atoms with van der Waals surface area (Å²) < 4.78 is 59.8. The molecule has 2 atom stereocenters. The standard InChI is InChI=1S/C36H46Cl2N6O6S2/c1-7-50-30-22-24(2)31(52(48,49)41-36(3,4)5)23-29(30)34-40-32(25-8-12-27(37)13-9-25)33(26-10-14-28(38)15-11-26)44(34)35(45)42-17-19-43(20-18-42)39-16-21-51(6,46)47/h8-15,22-23,32-33,39,41H,7,16-21H2,1-6H3/t32-,33+/m0/s1. The van der Waals surface area contributed by atoms with Crippen molar-refractivity contribution in [1.29, 1.82) is 0 Å². The van der Waals surface area contributed by atoms with Crippen molar-refractivity contribution in [3.8, 4) is 5.75 Å². The van der Waals surface area contributed by atoms with Gasteiger partial charge in [0, 0.05) is 54.6 Å². The van der Waals surface area contributed by atoms with Gasteiger partial charge in [0.05, 0.1) is 28.9 Å². The number of ether oxygens (including phenoxy) is 1. The largest absolute Gasteiger partial charge is 0.493 e. The molecule has 2 heterocycles. The zero-order valence-corrected chi connectivity index (χ0v) is 33.3. The van der Waals surface area contributed by atoms with Crippen molar-refractivity contribution in [2.24, 2.45) is 4.99 Å². The molecule has 52 heavy (non-hydrogen) atoms. The van der Waals surface area contributed by atoms with Gasteiger partial charge in [-0.15, -0.1) is 0 Å². The predicted molar refractivity (Wildman–Crippen MR) is 205 cm³/mol. The lowest BCUT2D eigenvalue weighted by Crippen LogP contribution is -2.57. The second kappa shape index (κ2) is 16.0. The number of sulfone groups is 1. The van der Waals surface area contributed by atoms with Crippen molar-refractivity contribution in [2.45, 2.75) is 57.1 Å². The second-order valence-electron chi connectivity index (χ2n) is 14.0. The van der Waals surface area contributed by atoms with E-state index in [4.69, 9.17) is 32.9 Å². The number of nitrogens with one attached hydrogen (secondary N) is 2. The molecule has 2 amide bonds. The van der Waals surface area contributed by atoms with Crippen molar-refractivity contribution in [3.05, 3.63) is 93.0 Å². The fraction of sp³-hybridized carbons (Fsp3) is 0.444. The van der Waals surface area contributed by atoms with Gasteiger partial charge in [-0.2, -0.15) is 0 Å². The van der Waals surface area contributed by atoms with Crippen LogP contribution in [0.1, 0.15) is 62.0 Å². The zero-order chi connectivity index (χ0) is 38.0.